The predicted molar refractivity (Wildman–Crippen MR) is 91.5 cm³/mol. The van der Waals surface area contributed by atoms with Gasteiger partial charge in [-0.2, -0.15) is 0 Å². The van der Waals surface area contributed by atoms with Crippen LogP contribution < -0.4 is 5.32 Å². The smallest absolute Gasteiger partial charge is 0.115 e. The molecule has 23 heavy (non-hydrogen) atoms. The molecule has 0 heterocycles. The van der Waals surface area contributed by atoms with Crippen LogP contribution in [0.5, 0.6) is 11.5 Å². The van der Waals surface area contributed by atoms with E-state index in [0.717, 1.165) is 12.0 Å². The van der Waals surface area contributed by atoms with Crippen LogP contribution in [0.1, 0.15) is 31.1 Å². The van der Waals surface area contributed by atoms with Crippen LogP contribution in [0.4, 0.5) is 0 Å². The van der Waals surface area contributed by atoms with Gasteiger partial charge in [0, 0.05) is 12.6 Å². The van der Waals surface area contributed by atoms with Crippen molar-refractivity contribution in [2.75, 3.05) is 6.54 Å². The number of phenols is 2. The van der Waals surface area contributed by atoms with Crippen LogP contribution >= 0.6 is 0 Å². The monoisotopic (exact) mass is 315 g/mol. The standard InChI is InChI=1S/C19H25NO3/c1-13(11-15-3-7-17(21)8-4-15)14(2)20-12-19(23)16-5-9-18(22)10-6-16/h3-10,13-14,19-23H,11-12H2,1-2H3. The lowest BCUT2D eigenvalue weighted by Gasteiger charge is -2.23. The second-order valence-electron chi connectivity index (χ2n) is 6.15. The Kier molecular flexibility index (Phi) is 6.02. The molecule has 0 amide bonds. The van der Waals surface area contributed by atoms with Gasteiger partial charge in [0.2, 0.25) is 0 Å². The van der Waals surface area contributed by atoms with Gasteiger partial charge in [-0.1, -0.05) is 31.2 Å². The molecule has 4 heteroatoms. The lowest BCUT2D eigenvalue weighted by molar-refractivity contribution is 0.166. The van der Waals surface area contributed by atoms with E-state index < -0.39 is 6.10 Å². The number of rotatable bonds is 7. The van der Waals surface area contributed by atoms with E-state index in [9.17, 15) is 15.3 Å². The zero-order valence-electron chi connectivity index (χ0n) is 13.6. The molecule has 0 spiro atoms. The Morgan fingerprint density at radius 1 is 0.870 bits per heavy atom. The van der Waals surface area contributed by atoms with Crippen molar-refractivity contribution in [3.05, 3.63) is 59.7 Å². The third-order valence-corrected chi connectivity index (χ3v) is 4.26. The van der Waals surface area contributed by atoms with Crippen LogP contribution in [0, 0.1) is 5.92 Å². The Morgan fingerprint density at radius 2 is 1.39 bits per heavy atom. The fourth-order valence-electron chi connectivity index (χ4n) is 2.49. The largest absolute Gasteiger partial charge is 0.508 e. The topological polar surface area (TPSA) is 72.7 Å². The predicted octanol–water partition coefficient (Wildman–Crippen LogP) is 2.99. The zero-order chi connectivity index (χ0) is 16.8. The molecule has 4 N–H and O–H groups in total. The summed E-state index contributed by atoms with van der Waals surface area (Å²) in [5.74, 6) is 0.876. The number of aliphatic hydroxyl groups excluding tert-OH is 1. The number of aliphatic hydroxyl groups is 1. The first-order valence-corrected chi connectivity index (χ1v) is 7.94. The minimum Gasteiger partial charge on any atom is -0.508 e. The van der Waals surface area contributed by atoms with Gasteiger partial charge in [-0.15, -0.1) is 0 Å². The molecule has 0 aliphatic carbocycles. The number of phenolic OH excluding ortho intramolecular Hbond substituents is 2. The van der Waals surface area contributed by atoms with Crippen molar-refractivity contribution in [1.82, 2.24) is 5.32 Å². The number of aromatic hydroxyl groups is 2. The molecule has 0 fully saturated rings. The summed E-state index contributed by atoms with van der Waals surface area (Å²) in [5, 5.41) is 32.1. The van der Waals surface area contributed by atoms with Crippen molar-refractivity contribution in [2.24, 2.45) is 5.92 Å². The molecule has 2 rings (SSSR count). The first-order valence-electron chi connectivity index (χ1n) is 7.94. The summed E-state index contributed by atoms with van der Waals surface area (Å²) in [6, 6.07) is 14.1. The molecule has 4 nitrogen and oxygen atoms in total. The summed E-state index contributed by atoms with van der Waals surface area (Å²) in [6.07, 6.45) is 0.308. The van der Waals surface area contributed by atoms with E-state index in [0.29, 0.717) is 12.5 Å². The molecular formula is C19H25NO3. The number of benzene rings is 2. The molecule has 0 radical (unpaired) electrons. The Balaban J connectivity index is 1.82. The molecule has 0 aromatic heterocycles. The highest BCUT2D eigenvalue weighted by Gasteiger charge is 2.15. The van der Waals surface area contributed by atoms with Crippen molar-refractivity contribution < 1.29 is 15.3 Å². The molecule has 0 bridgehead atoms. The molecular weight excluding hydrogens is 290 g/mol. The third kappa shape index (κ3) is 5.27. The van der Waals surface area contributed by atoms with Crippen LogP contribution in [0.2, 0.25) is 0 Å². The van der Waals surface area contributed by atoms with Gasteiger partial charge in [-0.05, 0) is 54.7 Å². The van der Waals surface area contributed by atoms with E-state index >= 15 is 0 Å². The summed E-state index contributed by atoms with van der Waals surface area (Å²) in [4.78, 5) is 0. The van der Waals surface area contributed by atoms with Crippen LogP contribution in [-0.4, -0.2) is 27.9 Å². The molecule has 0 aliphatic rings. The van der Waals surface area contributed by atoms with Gasteiger partial charge in [0.05, 0.1) is 6.10 Å². The van der Waals surface area contributed by atoms with Gasteiger partial charge in [-0.25, -0.2) is 0 Å². The normalized spacial score (nSPS) is 15.1. The Bertz CT molecular complexity index is 595. The molecule has 2 aromatic rings. The second-order valence-corrected chi connectivity index (χ2v) is 6.15. The fraction of sp³-hybridized carbons (Fsp3) is 0.368. The van der Waals surface area contributed by atoms with E-state index in [1.165, 1.54) is 5.56 Å². The average molecular weight is 315 g/mol. The zero-order valence-corrected chi connectivity index (χ0v) is 13.6. The summed E-state index contributed by atoms with van der Waals surface area (Å²) in [7, 11) is 0. The van der Waals surface area contributed by atoms with Crippen molar-refractivity contribution in [3.63, 3.8) is 0 Å². The van der Waals surface area contributed by atoms with Crippen molar-refractivity contribution >= 4 is 0 Å². The van der Waals surface area contributed by atoms with Crippen LogP contribution in [-0.2, 0) is 6.42 Å². The highest BCUT2D eigenvalue weighted by molar-refractivity contribution is 5.27. The molecule has 0 aliphatic heterocycles. The van der Waals surface area contributed by atoms with Gasteiger partial charge in [0.1, 0.15) is 11.5 Å². The third-order valence-electron chi connectivity index (χ3n) is 4.26. The molecule has 3 atom stereocenters. The first kappa shape index (κ1) is 17.3. The Hall–Kier alpha value is -2.04. The number of nitrogens with one attached hydrogen (secondary N) is 1. The summed E-state index contributed by atoms with van der Waals surface area (Å²) in [6.45, 7) is 4.73. The summed E-state index contributed by atoms with van der Waals surface area (Å²) >= 11 is 0. The average Bonchev–Trinajstić information content (AvgIpc) is 2.55. The minimum absolute atomic E-state index is 0.199. The highest BCUT2D eigenvalue weighted by atomic mass is 16.3. The molecule has 2 aromatic carbocycles. The van der Waals surface area contributed by atoms with E-state index in [4.69, 9.17) is 0 Å². The van der Waals surface area contributed by atoms with E-state index in [1.807, 2.05) is 12.1 Å². The molecule has 124 valence electrons. The molecule has 0 saturated heterocycles. The fourth-order valence-corrected chi connectivity index (χ4v) is 2.49. The van der Waals surface area contributed by atoms with Gasteiger partial charge < -0.3 is 20.6 Å². The van der Waals surface area contributed by atoms with Crippen molar-refractivity contribution in [3.8, 4) is 11.5 Å². The van der Waals surface area contributed by atoms with Crippen LogP contribution in [0.3, 0.4) is 0 Å². The van der Waals surface area contributed by atoms with Gasteiger partial charge in [-0.3, -0.25) is 0 Å². The van der Waals surface area contributed by atoms with Gasteiger partial charge in [0.15, 0.2) is 0 Å². The Morgan fingerprint density at radius 3 is 1.96 bits per heavy atom. The van der Waals surface area contributed by atoms with Gasteiger partial charge >= 0.3 is 0 Å². The maximum atomic E-state index is 10.2. The van der Waals surface area contributed by atoms with Crippen molar-refractivity contribution in [2.45, 2.75) is 32.4 Å². The lowest BCUT2D eigenvalue weighted by atomic mass is 9.94. The first-order chi connectivity index (χ1) is 11.0. The minimum atomic E-state index is -0.598. The van der Waals surface area contributed by atoms with E-state index in [1.54, 1.807) is 36.4 Å². The van der Waals surface area contributed by atoms with Gasteiger partial charge in [0.25, 0.3) is 0 Å². The number of hydrogen-bond acceptors (Lipinski definition) is 4. The highest BCUT2D eigenvalue weighted by Crippen LogP contribution is 2.18. The SMILES string of the molecule is CC(Cc1ccc(O)cc1)C(C)NCC(O)c1ccc(O)cc1. The van der Waals surface area contributed by atoms with E-state index in [2.05, 4.69) is 19.2 Å². The lowest BCUT2D eigenvalue weighted by Crippen LogP contribution is -2.36. The second kappa shape index (κ2) is 7.99. The number of hydrogen-bond donors (Lipinski definition) is 4. The summed E-state index contributed by atoms with van der Waals surface area (Å²) in [5.41, 5.74) is 1.97. The van der Waals surface area contributed by atoms with Crippen LogP contribution in [0.15, 0.2) is 48.5 Å². The Labute approximate surface area is 137 Å². The summed E-state index contributed by atoms with van der Waals surface area (Å²) < 4.78 is 0. The maximum absolute atomic E-state index is 10.2. The van der Waals surface area contributed by atoms with Crippen molar-refractivity contribution in [1.29, 1.82) is 0 Å². The molecule has 3 unspecified atom stereocenters. The molecule has 0 saturated carbocycles. The van der Waals surface area contributed by atoms with E-state index in [-0.39, 0.29) is 17.5 Å². The quantitative estimate of drug-likeness (QED) is 0.634. The van der Waals surface area contributed by atoms with Crippen LogP contribution in [0.25, 0.3) is 0 Å². The maximum Gasteiger partial charge on any atom is 0.115 e.